The largest absolute Gasteiger partial charge is 0.444 e. The number of amides is 1. The van der Waals surface area contributed by atoms with Crippen molar-refractivity contribution in [3.8, 4) is 0 Å². The zero-order valence-corrected chi connectivity index (χ0v) is 19.2. The van der Waals surface area contributed by atoms with Gasteiger partial charge in [0.1, 0.15) is 5.60 Å². The Bertz CT molecular complexity index is 877. The number of nitrogens with zero attached hydrogens (tertiary/aromatic N) is 2. The SMILES string of the molecule is CC(C)(C)OC(=O)N1CCN(C(c2ccccc2Cl)C(N)c2ccccc2Cl)CC1. The summed E-state index contributed by atoms with van der Waals surface area (Å²) in [4.78, 5) is 16.5. The van der Waals surface area contributed by atoms with E-state index in [1.165, 1.54) is 0 Å². The van der Waals surface area contributed by atoms with Gasteiger partial charge in [0.15, 0.2) is 0 Å². The van der Waals surface area contributed by atoms with Gasteiger partial charge >= 0.3 is 6.09 Å². The molecule has 0 spiro atoms. The second-order valence-corrected chi connectivity index (χ2v) is 9.33. The molecule has 2 aromatic rings. The molecule has 0 aromatic heterocycles. The van der Waals surface area contributed by atoms with E-state index in [2.05, 4.69) is 4.90 Å². The highest BCUT2D eigenvalue weighted by Gasteiger charge is 2.34. The van der Waals surface area contributed by atoms with Gasteiger partial charge in [-0.3, -0.25) is 4.90 Å². The molecule has 1 saturated heterocycles. The first kappa shape index (κ1) is 22.9. The monoisotopic (exact) mass is 449 g/mol. The molecule has 2 atom stereocenters. The lowest BCUT2D eigenvalue weighted by molar-refractivity contribution is 0.00872. The number of carbonyl (C=O) groups excluding carboxylic acids is 1. The van der Waals surface area contributed by atoms with Crippen LogP contribution in [0.25, 0.3) is 0 Å². The van der Waals surface area contributed by atoms with Crippen molar-refractivity contribution in [1.29, 1.82) is 0 Å². The molecule has 1 aliphatic heterocycles. The van der Waals surface area contributed by atoms with E-state index < -0.39 is 5.60 Å². The number of hydrogen-bond donors (Lipinski definition) is 1. The summed E-state index contributed by atoms with van der Waals surface area (Å²) in [7, 11) is 0. The molecule has 1 aliphatic rings. The van der Waals surface area contributed by atoms with Gasteiger partial charge < -0.3 is 15.4 Å². The Labute approximate surface area is 188 Å². The highest BCUT2D eigenvalue weighted by molar-refractivity contribution is 6.31. The van der Waals surface area contributed by atoms with Crippen LogP contribution in [0.4, 0.5) is 4.79 Å². The molecule has 1 heterocycles. The molecule has 162 valence electrons. The molecule has 7 heteroatoms. The minimum atomic E-state index is -0.513. The first-order valence-corrected chi connectivity index (χ1v) is 10.9. The van der Waals surface area contributed by atoms with Crippen LogP contribution in [0.5, 0.6) is 0 Å². The first-order valence-electron chi connectivity index (χ1n) is 10.1. The number of nitrogens with two attached hydrogens (primary N) is 1. The third kappa shape index (κ3) is 5.46. The molecular formula is C23H29Cl2N3O2. The van der Waals surface area contributed by atoms with Crippen LogP contribution in [-0.2, 0) is 4.74 Å². The average molecular weight is 450 g/mol. The summed E-state index contributed by atoms with van der Waals surface area (Å²) in [6.07, 6.45) is -0.285. The summed E-state index contributed by atoms with van der Waals surface area (Å²) in [5.74, 6) is 0. The van der Waals surface area contributed by atoms with Gasteiger partial charge in [0.25, 0.3) is 0 Å². The Hall–Kier alpha value is -1.79. The molecule has 5 nitrogen and oxygen atoms in total. The van der Waals surface area contributed by atoms with E-state index in [0.29, 0.717) is 36.2 Å². The number of hydrogen-bond acceptors (Lipinski definition) is 4. The smallest absolute Gasteiger partial charge is 0.410 e. The molecule has 0 bridgehead atoms. The maximum atomic E-state index is 12.4. The van der Waals surface area contributed by atoms with Crippen LogP contribution in [0.3, 0.4) is 0 Å². The molecule has 1 fully saturated rings. The van der Waals surface area contributed by atoms with Crippen LogP contribution in [0.15, 0.2) is 48.5 Å². The van der Waals surface area contributed by atoms with Crippen molar-refractivity contribution in [3.63, 3.8) is 0 Å². The predicted octanol–water partition coefficient (Wildman–Crippen LogP) is 5.29. The van der Waals surface area contributed by atoms with Gasteiger partial charge in [-0.2, -0.15) is 0 Å². The number of ether oxygens (including phenoxy) is 1. The summed E-state index contributed by atoms with van der Waals surface area (Å²) in [5, 5.41) is 1.30. The highest BCUT2D eigenvalue weighted by atomic mass is 35.5. The van der Waals surface area contributed by atoms with Crippen LogP contribution in [0.1, 0.15) is 44.0 Å². The van der Waals surface area contributed by atoms with E-state index in [1.54, 1.807) is 4.90 Å². The summed E-state index contributed by atoms with van der Waals surface area (Å²) in [6.45, 7) is 8.06. The standard InChI is InChI=1S/C23H29Cl2N3O2/c1-23(2,3)30-22(29)28-14-12-27(13-15-28)21(17-9-5-7-11-19(17)25)20(26)16-8-4-6-10-18(16)24/h4-11,20-21H,12-15,26H2,1-3H3. The quantitative estimate of drug-likeness (QED) is 0.688. The summed E-state index contributed by atoms with van der Waals surface area (Å²) < 4.78 is 5.51. The fraction of sp³-hybridized carbons (Fsp3) is 0.435. The number of rotatable bonds is 4. The highest BCUT2D eigenvalue weighted by Crippen LogP contribution is 2.38. The van der Waals surface area contributed by atoms with E-state index in [4.69, 9.17) is 33.7 Å². The van der Waals surface area contributed by atoms with E-state index in [1.807, 2.05) is 69.3 Å². The summed E-state index contributed by atoms with van der Waals surface area (Å²) in [6, 6.07) is 14.8. The Morgan fingerprint density at radius 1 is 0.933 bits per heavy atom. The Balaban J connectivity index is 1.83. The van der Waals surface area contributed by atoms with E-state index in [9.17, 15) is 4.79 Å². The van der Waals surface area contributed by atoms with Crippen LogP contribution >= 0.6 is 23.2 Å². The van der Waals surface area contributed by atoms with Gasteiger partial charge in [0, 0.05) is 36.2 Å². The fourth-order valence-corrected chi connectivity index (χ4v) is 4.27. The molecule has 2 N–H and O–H groups in total. The number of halogens is 2. The third-order valence-corrected chi connectivity index (χ3v) is 5.88. The molecule has 0 aliphatic carbocycles. The van der Waals surface area contributed by atoms with Crippen molar-refractivity contribution in [2.45, 2.75) is 38.5 Å². The van der Waals surface area contributed by atoms with Crippen molar-refractivity contribution >= 4 is 29.3 Å². The normalized spacial score (nSPS) is 17.5. The minimum absolute atomic E-state index is 0.167. The molecular weight excluding hydrogens is 421 g/mol. The number of carbonyl (C=O) groups is 1. The van der Waals surface area contributed by atoms with Crippen molar-refractivity contribution in [1.82, 2.24) is 9.80 Å². The van der Waals surface area contributed by atoms with E-state index in [0.717, 1.165) is 11.1 Å². The van der Waals surface area contributed by atoms with Crippen LogP contribution in [-0.4, -0.2) is 47.7 Å². The van der Waals surface area contributed by atoms with Crippen LogP contribution < -0.4 is 5.73 Å². The van der Waals surface area contributed by atoms with Crippen molar-refractivity contribution in [3.05, 3.63) is 69.7 Å². The third-order valence-electron chi connectivity index (χ3n) is 5.19. The van der Waals surface area contributed by atoms with E-state index >= 15 is 0 Å². The second-order valence-electron chi connectivity index (χ2n) is 8.52. The van der Waals surface area contributed by atoms with E-state index in [-0.39, 0.29) is 18.2 Å². The average Bonchev–Trinajstić information content (AvgIpc) is 2.69. The molecule has 0 radical (unpaired) electrons. The van der Waals surface area contributed by atoms with Crippen molar-refractivity contribution < 1.29 is 9.53 Å². The van der Waals surface area contributed by atoms with Crippen LogP contribution in [0.2, 0.25) is 10.0 Å². The number of piperazine rings is 1. The molecule has 30 heavy (non-hydrogen) atoms. The maximum Gasteiger partial charge on any atom is 0.410 e. The van der Waals surface area contributed by atoms with Gasteiger partial charge in [-0.1, -0.05) is 59.6 Å². The lowest BCUT2D eigenvalue weighted by atomic mass is 9.92. The topological polar surface area (TPSA) is 58.8 Å². The van der Waals surface area contributed by atoms with Gasteiger partial charge in [-0.05, 0) is 44.0 Å². The van der Waals surface area contributed by atoms with Crippen molar-refractivity contribution in [2.24, 2.45) is 5.73 Å². The molecule has 2 aromatic carbocycles. The zero-order valence-electron chi connectivity index (χ0n) is 17.6. The van der Waals surface area contributed by atoms with Gasteiger partial charge in [-0.15, -0.1) is 0 Å². The minimum Gasteiger partial charge on any atom is -0.444 e. The lowest BCUT2D eigenvalue weighted by Crippen LogP contribution is -2.52. The predicted molar refractivity (Wildman–Crippen MR) is 122 cm³/mol. The molecule has 3 rings (SSSR count). The van der Waals surface area contributed by atoms with Gasteiger partial charge in [0.2, 0.25) is 0 Å². The first-order chi connectivity index (χ1) is 14.2. The molecule has 0 saturated carbocycles. The fourth-order valence-electron chi connectivity index (χ4n) is 3.76. The van der Waals surface area contributed by atoms with Gasteiger partial charge in [-0.25, -0.2) is 4.79 Å². The Morgan fingerprint density at radius 2 is 1.43 bits per heavy atom. The zero-order chi connectivity index (χ0) is 21.9. The number of benzene rings is 2. The van der Waals surface area contributed by atoms with Crippen molar-refractivity contribution in [2.75, 3.05) is 26.2 Å². The molecule has 2 unspecified atom stereocenters. The second kappa shape index (κ2) is 9.56. The summed E-state index contributed by atoms with van der Waals surface area (Å²) in [5.41, 5.74) is 8.08. The molecule has 1 amide bonds. The summed E-state index contributed by atoms with van der Waals surface area (Å²) >= 11 is 13.0. The van der Waals surface area contributed by atoms with Crippen LogP contribution in [0, 0.1) is 0 Å². The van der Waals surface area contributed by atoms with Gasteiger partial charge in [0.05, 0.1) is 12.1 Å². The maximum absolute atomic E-state index is 12.4. The lowest BCUT2D eigenvalue weighted by Gasteiger charge is -2.42. The Kier molecular flexibility index (Phi) is 7.30. The Morgan fingerprint density at radius 3 is 1.93 bits per heavy atom.